The summed E-state index contributed by atoms with van der Waals surface area (Å²) in [6.07, 6.45) is 0. The fourth-order valence-corrected chi connectivity index (χ4v) is 2.19. The molecule has 0 aliphatic carbocycles. The summed E-state index contributed by atoms with van der Waals surface area (Å²) in [5.74, 6) is -3.48. The van der Waals surface area contributed by atoms with Crippen LogP contribution >= 0.6 is 27.5 Å². The van der Waals surface area contributed by atoms with Crippen LogP contribution in [-0.4, -0.2) is 5.91 Å². The zero-order chi connectivity index (χ0) is 14.9. The van der Waals surface area contributed by atoms with Crippen molar-refractivity contribution >= 4 is 39.1 Å². The number of anilines is 1. The second kappa shape index (κ2) is 5.85. The van der Waals surface area contributed by atoms with Crippen molar-refractivity contribution in [2.24, 2.45) is 0 Å². The van der Waals surface area contributed by atoms with Gasteiger partial charge >= 0.3 is 0 Å². The van der Waals surface area contributed by atoms with Crippen LogP contribution in [0.2, 0.25) is 5.02 Å². The Morgan fingerprint density at radius 3 is 2.45 bits per heavy atom. The van der Waals surface area contributed by atoms with Gasteiger partial charge in [0, 0.05) is 15.6 Å². The summed E-state index contributed by atoms with van der Waals surface area (Å²) in [6, 6.07) is 5.00. The maximum atomic E-state index is 13.6. The topological polar surface area (TPSA) is 29.1 Å². The van der Waals surface area contributed by atoms with Gasteiger partial charge in [-0.1, -0.05) is 11.6 Å². The molecule has 0 aromatic heterocycles. The molecule has 104 valence electrons. The minimum absolute atomic E-state index is 0.00536. The Labute approximate surface area is 125 Å². The van der Waals surface area contributed by atoms with Crippen LogP contribution in [0.1, 0.15) is 10.4 Å². The number of halogens is 5. The summed E-state index contributed by atoms with van der Waals surface area (Å²) in [5, 5.41) is 2.33. The van der Waals surface area contributed by atoms with Crippen LogP contribution in [0.5, 0.6) is 0 Å². The summed E-state index contributed by atoms with van der Waals surface area (Å²) in [4.78, 5) is 11.9. The van der Waals surface area contributed by atoms with Gasteiger partial charge in [-0.05, 0) is 40.2 Å². The number of amides is 1. The number of rotatable bonds is 2. The predicted molar refractivity (Wildman–Crippen MR) is 73.4 cm³/mol. The van der Waals surface area contributed by atoms with E-state index in [2.05, 4.69) is 21.2 Å². The molecule has 1 N–H and O–H groups in total. The molecule has 0 saturated carbocycles. The van der Waals surface area contributed by atoms with Crippen molar-refractivity contribution in [1.82, 2.24) is 0 Å². The van der Waals surface area contributed by atoms with Gasteiger partial charge in [-0.3, -0.25) is 4.79 Å². The largest absolute Gasteiger partial charge is 0.318 e. The number of nitrogens with one attached hydrogen (secondary N) is 1. The highest BCUT2D eigenvalue weighted by molar-refractivity contribution is 9.10. The maximum Gasteiger partial charge on any atom is 0.258 e. The molecule has 2 aromatic carbocycles. The maximum absolute atomic E-state index is 13.6. The van der Waals surface area contributed by atoms with E-state index in [0.29, 0.717) is 6.07 Å². The van der Waals surface area contributed by atoms with Gasteiger partial charge < -0.3 is 5.32 Å². The zero-order valence-corrected chi connectivity index (χ0v) is 12.0. The second-order valence-electron chi connectivity index (χ2n) is 3.82. The molecule has 0 bridgehead atoms. The van der Waals surface area contributed by atoms with Crippen LogP contribution in [-0.2, 0) is 0 Å². The Morgan fingerprint density at radius 2 is 1.80 bits per heavy atom. The highest BCUT2D eigenvalue weighted by Crippen LogP contribution is 2.27. The fraction of sp³-hybridized carbons (Fsp3) is 0. The van der Waals surface area contributed by atoms with Gasteiger partial charge in [0.15, 0.2) is 5.82 Å². The molecule has 2 aromatic rings. The lowest BCUT2D eigenvalue weighted by Gasteiger charge is -2.09. The molecule has 0 heterocycles. The van der Waals surface area contributed by atoms with Crippen LogP contribution < -0.4 is 5.32 Å². The predicted octanol–water partition coefficient (Wildman–Crippen LogP) is 4.77. The van der Waals surface area contributed by atoms with E-state index in [-0.39, 0.29) is 20.7 Å². The van der Waals surface area contributed by atoms with Crippen molar-refractivity contribution in [2.45, 2.75) is 0 Å². The van der Waals surface area contributed by atoms with E-state index in [0.717, 1.165) is 18.2 Å². The van der Waals surface area contributed by atoms with E-state index in [4.69, 9.17) is 11.6 Å². The highest BCUT2D eigenvalue weighted by atomic mass is 79.9. The molecule has 0 aliphatic heterocycles. The van der Waals surface area contributed by atoms with E-state index in [9.17, 15) is 18.0 Å². The number of hydrogen-bond acceptors (Lipinski definition) is 1. The standard InChI is InChI=1S/C13H6BrClF3NO/c14-9-4-7(16)5-11(18)12(9)19-13(20)8-3-6(15)1-2-10(8)17/h1-5H,(H,19,20). The van der Waals surface area contributed by atoms with Gasteiger partial charge in [0.05, 0.1) is 11.3 Å². The Hall–Kier alpha value is -1.53. The van der Waals surface area contributed by atoms with Crippen molar-refractivity contribution in [1.29, 1.82) is 0 Å². The lowest BCUT2D eigenvalue weighted by molar-refractivity contribution is 0.102. The van der Waals surface area contributed by atoms with Crippen molar-refractivity contribution in [2.75, 3.05) is 5.32 Å². The van der Waals surface area contributed by atoms with E-state index < -0.39 is 23.4 Å². The van der Waals surface area contributed by atoms with Gasteiger partial charge in [-0.15, -0.1) is 0 Å². The Balaban J connectivity index is 2.35. The zero-order valence-electron chi connectivity index (χ0n) is 9.68. The molecule has 0 atom stereocenters. The molecule has 0 saturated heterocycles. The molecule has 7 heteroatoms. The van der Waals surface area contributed by atoms with E-state index >= 15 is 0 Å². The molecule has 0 unspecified atom stereocenters. The van der Waals surface area contributed by atoms with Gasteiger partial charge in [0.25, 0.3) is 5.91 Å². The number of hydrogen-bond donors (Lipinski definition) is 1. The summed E-state index contributed by atoms with van der Waals surface area (Å²) < 4.78 is 40.0. The molecule has 0 radical (unpaired) electrons. The van der Waals surface area contributed by atoms with Crippen LogP contribution in [0.15, 0.2) is 34.8 Å². The third-order valence-corrected chi connectivity index (χ3v) is 3.28. The summed E-state index contributed by atoms with van der Waals surface area (Å²) in [6.45, 7) is 0. The first-order valence-corrected chi connectivity index (χ1v) is 6.46. The fourth-order valence-electron chi connectivity index (χ4n) is 1.51. The van der Waals surface area contributed by atoms with Crippen LogP contribution in [0.25, 0.3) is 0 Å². The van der Waals surface area contributed by atoms with Gasteiger partial charge in [0.1, 0.15) is 11.6 Å². The van der Waals surface area contributed by atoms with Crippen molar-refractivity contribution < 1.29 is 18.0 Å². The molecular formula is C13H6BrClF3NO. The van der Waals surface area contributed by atoms with Gasteiger partial charge in [-0.25, -0.2) is 13.2 Å². The average Bonchev–Trinajstić information content (AvgIpc) is 2.36. The molecule has 0 aliphatic rings. The Kier molecular flexibility index (Phi) is 4.35. The quantitative estimate of drug-likeness (QED) is 0.817. The lowest BCUT2D eigenvalue weighted by Crippen LogP contribution is -2.15. The van der Waals surface area contributed by atoms with Crippen molar-refractivity contribution in [3.8, 4) is 0 Å². The molecule has 0 spiro atoms. The van der Waals surface area contributed by atoms with Gasteiger partial charge in [0.2, 0.25) is 0 Å². The smallest absolute Gasteiger partial charge is 0.258 e. The van der Waals surface area contributed by atoms with Gasteiger partial charge in [-0.2, -0.15) is 0 Å². The third kappa shape index (κ3) is 3.13. The number of carbonyl (C=O) groups excluding carboxylic acids is 1. The minimum Gasteiger partial charge on any atom is -0.318 e. The van der Waals surface area contributed by atoms with E-state index in [1.807, 2.05) is 0 Å². The van der Waals surface area contributed by atoms with E-state index in [1.54, 1.807) is 0 Å². The molecule has 2 rings (SSSR count). The lowest BCUT2D eigenvalue weighted by atomic mass is 10.2. The highest BCUT2D eigenvalue weighted by Gasteiger charge is 2.17. The molecule has 20 heavy (non-hydrogen) atoms. The molecule has 2 nitrogen and oxygen atoms in total. The SMILES string of the molecule is O=C(Nc1c(F)cc(F)cc1Br)c1cc(Cl)ccc1F. The first-order valence-electron chi connectivity index (χ1n) is 5.29. The molecule has 1 amide bonds. The Bertz CT molecular complexity index is 670. The van der Waals surface area contributed by atoms with Crippen molar-refractivity contribution in [3.63, 3.8) is 0 Å². The van der Waals surface area contributed by atoms with Crippen molar-refractivity contribution in [3.05, 3.63) is 62.8 Å². The van der Waals surface area contributed by atoms with Crippen LogP contribution in [0.3, 0.4) is 0 Å². The minimum atomic E-state index is -0.979. The van der Waals surface area contributed by atoms with E-state index in [1.165, 1.54) is 6.07 Å². The number of benzene rings is 2. The summed E-state index contributed by atoms with van der Waals surface area (Å²) >= 11 is 8.59. The summed E-state index contributed by atoms with van der Waals surface area (Å²) in [5.41, 5.74) is -0.621. The molecule has 0 fully saturated rings. The van der Waals surface area contributed by atoms with Crippen LogP contribution in [0.4, 0.5) is 18.9 Å². The Morgan fingerprint density at radius 1 is 1.10 bits per heavy atom. The molecular weight excluding hydrogens is 359 g/mol. The second-order valence-corrected chi connectivity index (χ2v) is 5.11. The van der Waals surface area contributed by atoms with Crippen LogP contribution in [0, 0.1) is 17.5 Å². The normalized spacial score (nSPS) is 10.4. The number of carbonyl (C=O) groups is 1. The first-order chi connectivity index (χ1) is 9.38. The average molecular weight is 365 g/mol. The third-order valence-electron chi connectivity index (χ3n) is 2.42. The monoisotopic (exact) mass is 363 g/mol. The first kappa shape index (κ1) is 14.9. The summed E-state index contributed by atoms with van der Waals surface area (Å²) in [7, 11) is 0.